The Balaban J connectivity index is 2.05. The third-order valence-corrected chi connectivity index (χ3v) is 7.32. The topological polar surface area (TPSA) is 66.8 Å². The molecule has 1 saturated carbocycles. The zero-order chi connectivity index (χ0) is 22.6. The zero-order valence-corrected chi connectivity index (χ0v) is 20.0. The Morgan fingerprint density at radius 2 is 1.94 bits per heavy atom. The molecule has 2 unspecified atom stereocenters. The van der Waals surface area contributed by atoms with Crippen molar-refractivity contribution >= 4 is 28.9 Å². The summed E-state index contributed by atoms with van der Waals surface area (Å²) >= 11 is 1.30. The summed E-state index contributed by atoms with van der Waals surface area (Å²) in [4.78, 5) is 29.3. The highest BCUT2D eigenvalue weighted by molar-refractivity contribution is 7.15. The highest BCUT2D eigenvalue weighted by Gasteiger charge is 2.41. The smallest absolute Gasteiger partial charge is 0.350 e. The second kappa shape index (κ2) is 10.2. The third kappa shape index (κ3) is 5.70. The maximum atomic E-state index is 13.6. The van der Waals surface area contributed by atoms with Gasteiger partial charge in [0.25, 0.3) is 0 Å². The van der Waals surface area contributed by atoms with Crippen molar-refractivity contribution in [2.45, 2.75) is 78.2 Å². The number of aliphatic hydroxyl groups excluding tert-OH is 1. The molecule has 2 fully saturated rings. The number of esters is 1. The number of anilines is 1. The van der Waals surface area contributed by atoms with Gasteiger partial charge in [0.2, 0.25) is 5.91 Å². The molecule has 1 aromatic rings. The van der Waals surface area contributed by atoms with E-state index in [0.29, 0.717) is 22.9 Å². The van der Waals surface area contributed by atoms with E-state index in [9.17, 15) is 14.7 Å². The molecule has 0 bridgehead atoms. The van der Waals surface area contributed by atoms with Gasteiger partial charge in [-0.3, -0.25) is 4.79 Å². The molecule has 2 aliphatic rings. The fourth-order valence-electron chi connectivity index (χ4n) is 4.78. The standard InChI is InChI=1S/C25H35NO4S/c1-25(2,3)14-12-19-16-21(22(31-19)24(29)30-4)26-20(17-8-6-5-7-9-17)11-10-18(13-15-27)23(26)28/h16-18,20,27H,5-11,13,15H2,1-4H3. The molecular weight excluding hydrogens is 410 g/mol. The van der Waals surface area contributed by atoms with E-state index in [0.717, 1.165) is 30.6 Å². The van der Waals surface area contributed by atoms with Gasteiger partial charge in [-0.15, -0.1) is 11.3 Å². The van der Waals surface area contributed by atoms with Gasteiger partial charge in [0, 0.05) is 24.0 Å². The summed E-state index contributed by atoms with van der Waals surface area (Å²) in [6.45, 7) is 6.13. The van der Waals surface area contributed by atoms with Gasteiger partial charge >= 0.3 is 5.97 Å². The molecule has 2 atom stereocenters. The van der Waals surface area contributed by atoms with Crippen LogP contribution in [0.4, 0.5) is 5.69 Å². The zero-order valence-electron chi connectivity index (χ0n) is 19.2. The van der Waals surface area contributed by atoms with Gasteiger partial charge in [0.15, 0.2) is 0 Å². The minimum absolute atomic E-state index is 0.00581. The highest BCUT2D eigenvalue weighted by atomic mass is 32.1. The maximum Gasteiger partial charge on any atom is 0.350 e. The van der Waals surface area contributed by atoms with Crippen molar-refractivity contribution in [1.82, 2.24) is 0 Å². The number of thiophene rings is 1. The number of hydrogen-bond acceptors (Lipinski definition) is 5. The van der Waals surface area contributed by atoms with Crippen LogP contribution in [0.15, 0.2) is 6.07 Å². The largest absolute Gasteiger partial charge is 0.465 e. The van der Waals surface area contributed by atoms with Crippen molar-refractivity contribution in [3.63, 3.8) is 0 Å². The molecule has 31 heavy (non-hydrogen) atoms. The van der Waals surface area contributed by atoms with E-state index in [1.165, 1.54) is 37.7 Å². The Morgan fingerprint density at radius 1 is 1.23 bits per heavy atom. The summed E-state index contributed by atoms with van der Waals surface area (Å²) in [6, 6.07) is 1.98. The average molecular weight is 446 g/mol. The molecule has 1 N–H and O–H groups in total. The number of aliphatic hydroxyl groups is 1. The first-order valence-corrected chi connectivity index (χ1v) is 12.3. The van der Waals surface area contributed by atoms with Gasteiger partial charge in [-0.25, -0.2) is 4.79 Å². The van der Waals surface area contributed by atoms with Crippen LogP contribution in [0.3, 0.4) is 0 Å². The van der Waals surface area contributed by atoms with Gasteiger partial charge in [-0.05, 0) is 64.9 Å². The predicted molar refractivity (Wildman–Crippen MR) is 124 cm³/mol. The molecule has 1 aliphatic carbocycles. The number of ether oxygens (including phenoxy) is 1. The number of carbonyl (C=O) groups excluding carboxylic acids is 2. The second-order valence-corrected chi connectivity index (χ2v) is 10.8. The Labute approximate surface area is 190 Å². The van der Waals surface area contributed by atoms with Gasteiger partial charge in [0.1, 0.15) is 4.88 Å². The number of amides is 1. The fourth-order valence-corrected chi connectivity index (χ4v) is 5.70. The van der Waals surface area contributed by atoms with Gasteiger partial charge in [0.05, 0.1) is 17.7 Å². The van der Waals surface area contributed by atoms with E-state index in [2.05, 4.69) is 11.8 Å². The summed E-state index contributed by atoms with van der Waals surface area (Å²) in [5.74, 6) is 6.25. The van der Waals surface area contributed by atoms with E-state index in [1.807, 2.05) is 31.7 Å². The number of carbonyl (C=O) groups is 2. The van der Waals surface area contributed by atoms with Crippen LogP contribution < -0.4 is 4.90 Å². The molecule has 1 saturated heterocycles. The minimum Gasteiger partial charge on any atom is -0.465 e. The molecule has 2 heterocycles. The van der Waals surface area contributed by atoms with E-state index in [1.54, 1.807) is 0 Å². The van der Waals surface area contributed by atoms with Gasteiger partial charge in [-0.2, -0.15) is 0 Å². The SMILES string of the molecule is COC(=O)c1sc(C#CC(C)(C)C)cc1N1C(=O)C(CCO)CCC1C1CCCCC1. The molecule has 6 heteroatoms. The molecule has 3 rings (SSSR count). The Kier molecular flexibility index (Phi) is 7.82. The van der Waals surface area contributed by atoms with Crippen molar-refractivity contribution in [3.05, 3.63) is 15.8 Å². The summed E-state index contributed by atoms with van der Waals surface area (Å²) in [7, 11) is 1.37. The number of piperidine rings is 1. The quantitative estimate of drug-likeness (QED) is 0.511. The summed E-state index contributed by atoms with van der Waals surface area (Å²) in [6.07, 6.45) is 8.04. The van der Waals surface area contributed by atoms with Crippen molar-refractivity contribution in [3.8, 4) is 11.8 Å². The number of hydrogen-bond donors (Lipinski definition) is 1. The Morgan fingerprint density at radius 3 is 2.55 bits per heavy atom. The van der Waals surface area contributed by atoms with Crippen LogP contribution in [0, 0.1) is 29.1 Å². The fraction of sp³-hybridized carbons (Fsp3) is 0.680. The Bertz CT molecular complexity index is 851. The van der Waals surface area contributed by atoms with E-state index in [-0.39, 0.29) is 29.9 Å². The molecule has 1 aromatic heterocycles. The molecule has 0 aromatic carbocycles. The van der Waals surface area contributed by atoms with E-state index < -0.39 is 5.97 Å². The number of nitrogens with zero attached hydrogens (tertiary/aromatic N) is 1. The molecule has 0 radical (unpaired) electrons. The third-order valence-electron chi connectivity index (χ3n) is 6.30. The molecule has 5 nitrogen and oxygen atoms in total. The molecular formula is C25H35NO4S. The highest BCUT2D eigenvalue weighted by Crippen LogP contribution is 2.42. The van der Waals surface area contributed by atoms with Crippen LogP contribution >= 0.6 is 11.3 Å². The number of rotatable bonds is 5. The molecule has 1 amide bonds. The predicted octanol–water partition coefficient (Wildman–Crippen LogP) is 5.01. The van der Waals surface area contributed by atoms with Crippen LogP contribution in [-0.4, -0.2) is 36.7 Å². The van der Waals surface area contributed by atoms with Crippen LogP contribution in [-0.2, 0) is 9.53 Å². The lowest BCUT2D eigenvalue weighted by Gasteiger charge is -2.44. The van der Waals surface area contributed by atoms with Gasteiger partial charge < -0.3 is 14.7 Å². The van der Waals surface area contributed by atoms with Crippen molar-refractivity contribution in [2.75, 3.05) is 18.6 Å². The van der Waals surface area contributed by atoms with Crippen LogP contribution in [0.5, 0.6) is 0 Å². The molecule has 170 valence electrons. The van der Waals surface area contributed by atoms with Gasteiger partial charge in [-0.1, -0.05) is 31.1 Å². The number of methoxy groups -OCH3 is 1. The minimum atomic E-state index is -0.428. The summed E-state index contributed by atoms with van der Waals surface area (Å²) < 4.78 is 5.06. The lowest BCUT2D eigenvalue weighted by atomic mass is 9.77. The van der Waals surface area contributed by atoms with Crippen molar-refractivity contribution in [1.29, 1.82) is 0 Å². The maximum absolute atomic E-state index is 13.6. The Hall–Kier alpha value is -1.84. The molecule has 1 aliphatic heterocycles. The average Bonchev–Trinajstić information content (AvgIpc) is 3.17. The van der Waals surface area contributed by atoms with E-state index >= 15 is 0 Å². The first-order chi connectivity index (χ1) is 14.7. The van der Waals surface area contributed by atoms with E-state index in [4.69, 9.17) is 4.74 Å². The van der Waals surface area contributed by atoms with Crippen molar-refractivity contribution < 1.29 is 19.4 Å². The summed E-state index contributed by atoms with van der Waals surface area (Å²) in [5, 5.41) is 9.48. The monoisotopic (exact) mass is 445 g/mol. The lowest BCUT2D eigenvalue weighted by Crippen LogP contribution is -2.52. The normalized spacial score (nSPS) is 22.7. The first-order valence-electron chi connectivity index (χ1n) is 11.4. The second-order valence-electron chi connectivity index (χ2n) is 9.78. The van der Waals surface area contributed by atoms with Crippen LogP contribution in [0.1, 0.15) is 86.7 Å². The van der Waals surface area contributed by atoms with Crippen molar-refractivity contribution in [2.24, 2.45) is 17.3 Å². The van der Waals surface area contributed by atoms with Crippen LogP contribution in [0.25, 0.3) is 0 Å². The molecule has 0 spiro atoms. The summed E-state index contributed by atoms with van der Waals surface area (Å²) in [5.41, 5.74) is 0.478. The van der Waals surface area contributed by atoms with Crippen LogP contribution in [0.2, 0.25) is 0 Å². The first kappa shape index (κ1) is 23.8. The lowest BCUT2D eigenvalue weighted by molar-refractivity contribution is -0.125.